The second-order valence-corrected chi connectivity index (χ2v) is 3.12. The van der Waals surface area contributed by atoms with Crippen molar-refractivity contribution in [1.82, 2.24) is 4.98 Å². The number of aryl methyl sites for hydroxylation is 1. The lowest BCUT2D eigenvalue weighted by Crippen LogP contribution is -2.15. The summed E-state index contributed by atoms with van der Waals surface area (Å²) in [6, 6.07) is 0. The van der Waals surface area contributed by atoms with Crippen LogP contribution in [0.3, 0.4) is 0 Å². The summed E-state index contributed by atoms with van der Waals surface area (Å²) < 4.78 is 0. The normalized spacial score (nSPS) is 8.75. The lowest BCUT2D eigenvalue weighted by Gasteiger charge is -2.10. The van der Waals surface area contributed by atoms with Gasteiger partial charge in [-0.25, -0.2) is 4.98 Å². The van der Waals surface area contributed by atoms with Crippen LogP contribution in [-0.4, -0.2) is 18.6 Å². The highest BCUT2D eigenvalue weighted by molar-refractivity contribution is 7.13. The van der Waals surface area contributed by atoms with Crippen LogP contribution in [0, 0.1) is 6.92 Å². The first kappa shape index (κ1) is 11.4. The maximum atomic E-state index is 4.33. The second kappa shape index (κ2) is 6.00. The summed E-state index contributed by atoms with van der Waals surface area (Å²) in [5.41, 5.74) is 1.11. The molecule has 0 bridgehead atoms. The summed E-state index contributed by atoms with van der Waals surface area (Å²) in [6.07, 6.45) is 0. The molecule has 2 nitrogen and oxygen atoms in total. The molecule has 1 aromatic rings. The van der Waals surface area contributed by atoms with E-state index in [1.165, 1.54) is 0 Å². The van der Waals surface area contributed by atoms with Crippen LogP contribution in [0.4, 0.5) is 5.13 Å². The number of hydrogen-bond acceptors (Lipinski definition) is 3. The van der Waals surface area contributed by atoms with Gasteiger partial charge >= 0.3 is 0 Å². The second-order valence-electron chi connectivity index (χ2n) is 2.29. The molecular formula is C9H18N2S. The van der Waals surface area contributed by atoms with E-state index in [4.69, 9.17) is 0 Å². The average Bonchev–Trinajstić information content (AvgIpc) is 2.54. The van der Waals surface area contributed by atoms with Crippen molar-refractivity contribution >= 4 is 16.5 Å². The van der Waals surface area contributed by atoms with Gasteiger partial charge < -0.3 is 4.90 Å². The summed E-state index contributed by atoms with van der Waals surface area (Å²) in [7, 11) is 2.05. The van der Waals surface area contributed by atoms with Gasteiger partial charge in [-0.15, -0.1) is 11.3 Å². The van der Waals surface area contributed by atoms with Crippen molar-refractivity contribution in [3.8, 4) is 0 Å². The van der Waals surface area contributed by atoms with Crippen LogP contribution in [0.2, 0.25) is 0 Å². The Labute approximate surface area is 79.2 Å². The van der Waals surface area contributed by atoms with E-state index in [1.807, 2.05) is 20.8 Å². The minimum absolute atomic E-state index is 1.02. The lowest BCUT2D eigenvalue weighted by atomic mass is 10.6. The molecule has 0 radical (unpaired) electrons. The third-order valence-electron chi connectivity index (χ3n) is 1.41. The van der Waals surface area contributed by atoms with Crippen molar-refractivity contribution in [3.63, 3.8) is 0 Å². The van der Waals surface area contributed by atoms with Gasteiger partial charge in [0.2, 0.25) is 0 Å². The molecule has 3 heteroatoms. The van der Waals surface area contributed by atoms with E-state index < -0.39 is 0 Å². The Hall–Kier alpha value is -0.570. The topological polar surface area (TPSA) is 16.1 Å². The minimum Gasteiger partial charge on any atom is -0.351 e. The molecule has 0 saturated carbocycles. The average molecular weight is 186 g/mol. The van der Waals surface area contributed by atoms with Crippen LogP contribution in [0.15, 0.2) is 5.38 Å². The van der Waals surface area contributed by atoms with Gasteiger partial charge in [0.15, 0.2) is 5.13 Å². The van der Waals surface area contributed by atoms with E-state index in [0.717, 1.165) is 17.4 Å². The summed E-state index contributed by atoms with van der Waals surface area (Å²) in [6.45, 7) is 9.16. The molecule has 0 N–H and O–H groups in total. The first-order valence-corrected chi connectivity index (χ1v) is 5.25. The van der Waals surface area contributed by atoms with E-state index in [2.05, 4.69) is 29.2 Å². The molecule has 0 aliphatic heterocycles. The van der Waals surface area contributed by atoms with E-state index in [9.17, 15) is 0 Å². The zero-order valence-corrected chi connectivity index (χ0v) is 9.40. The van der Waals surface area contributed by atoms with Gasteiger partial charge in [-0.1, -0.05) is 13.8 Å². The molecular weight excluding hydrogens is 168 g/mol. The maximum absolute atomic E-state index is 4.33. The fourth-order valence-electron chi connectivity index (χ4n) is 0.652. The Morgan fingerprint density at radius 3 is 2.42 bits per heavy atom. The predicted octanol–water partition coefficient (Wildman–Crippen LogP) is 2.93. The first-order valence-electron chi connectivity index (χ1n) is 4.37. The molecule has 1 heterocycles. The third kappa shape index (κ3) is 3.22. The number of thiazole rings is 1. The molecule has 70 valence electrons. The number of nitrogens with zero attached hydrogens (tertiary/aromatic N) is 2. The molecule has 0 aliphatic rings. The smallest absolute Gasteiger partial charge is 0.185 e. The summed E-state index contributed by atoms with van der Waals surface area (Å²) >= 11 is 1.70. The number of rotatable bonds is 2. The zero-order chi connectivity index (χ0) is 9.56. The fourth-order valence-corrected chi connectivity index (χ4v) is 1.49. The van der Waals surface area contributed by atoms with Gasteiger partial charge in [-0.2, -0.15) is 0 Å². The van der Waals surface area contributed by atoms with Crippen LogP contribution in [0.25, 0.3) is 0 Å². The fraction of sp³-hybridized carbons (Fsp3) is 0.667. The monoisotopic (exact) mass is 186 g/mol. The summed E-state index contributed by atoms with van der Waals surface area (Å²) in [4.78, 5) is 6.46. The molecule has 0 spiro atoms. The number of aromatic nitrogens is 1. The molecule has 1 rings (SSSR count). The van der Waals surface area contributed by atoms with Gasteiger partial charge in [0.1, 0.15) is 0 Å². The molecule has 12 heavy (non-hydrogen) atoms. The van der Waals surface area contributed by atoms with Crippen LogP contribution in [0.5, 0.6) is 0 Å². The Balaban J connectivity index is 0.000000561. The third-order valence-corrected chi connectivity index (χ3v) is 2.48. The van der Waals surface area contributed by atoms with Crippen LogP contribution < -0.4 is 4.90 Å². The summed E-state index contributed by atoms with van der Waals surface area (Å²) in [5.74, 6) is 0. The van der Waals surface area contributed by atoms with Crippen LogP contribution in [0.1, 0.15) is 26.5 Å². The van der Waals surface area contributed by atoms with E-state index in [0.29, 0.717) is 0 Å². The molecule has 0 aliphatic carbocycles. The molecule has 0 atom stereocenters. The van der Waals surface area contributed by atoms with Crippen molar-refractivity contribution in [2.45, 2.75) is 27.7 Å². The Kier molecular flexibility index (Phi) is 5.72. The number of hydrogen-bond donors (Lipinski definition) is 0. The molecule has 0 saturated heterocycles. The number of anilines is 1. The first-order chi connectivity index (χ1) is 5.74. The molecule has 0 fully saturated rings. The van der Waals surface area contributed by atoms with E-state index >= 15 is 0 Å². The predicted molar refractivity (Wildman–Crippen MR) is 57.1 cm³/mol. The molecule has 0 unspecified atom stereocenters. The van der Waals surface area contributed by atoms with Crippen molar-refractivity contribution in [3.05, 3.63) is 11.1 Å². The van der Waals surface area contributed by atoms with E-state index in [1.54, 1.807) is 11.3 Å². The van der Waals surface area contributed by atoms with Gasteiger partial charge in [-0.05, 0) is 13.8 Å². The van der Waals surface area contributed by atoms with Gasteiger partial charge in [0.05, 0.1) is 5.69 Å². The van der Waals surface area contributed by atoms with Crippen LogP contribution in [-0.2, 0) is 0 Å². The highest BCUT2D eigenvalue weighted by Gasteiger charge is 2.00. The van der Waals surface area contributed by atoms with Crippen molar-refractivity contribution < 1.29 is 0 Å². The standard InChI is InChI=1S/C7H12N2S.C2H6/c1-4-9(3)7-8-6(2)5-10-7;1-2/h5H,4H2,1-3H3;1-2H3. The van der Waals surface area contributed by atoms with Crippen molar-refractivity contribution in [2.75, 3.05) is 18.5 Å². The van der Waals surface area contributed by atoms with Crippen molar-refractivity contribution in [1.29, 1.82) is 0 Å². The van der Waals surface area contributed by atoms with Gasteiger partial charge in [0, 0.05) is 19.0 Å². The largest absolute Gasteiger partial charge is 0.351 e. The SMILES string of the molecule is CC.CCN(C)c1nc(C)cs1. The highest BCUT2D eigenvalue weighted by atomic mass is 32.1. The van der Waals surface area contributed by atoms with Crippen LogP contribution >= 0.6 is 11.3 Å². The maximum Gasteiger partial charge on any atom is 0.185 e. The van der Waals surface area contributed by atoms with E-state index in [-0.39, 0.29) is 0 Å². The molecule has 1 aromatic heterocycles. The Bertz CT molecular complexity index is 208. The quantitative estimate of drug-likeness (QED) is 0.706. The summed E-state index contributed by atoms with van der Waals surface area (Å²) in [5, 5.41) is 3.18. The zero-order valence-electron chi connectivity index (χ0n) is 8.59. The Morgan fingerprint density at radius 2 is 2.08 bits per heavy atom. The van der Waals surface area contributed by atoms with Gasteiger partial charge in [-0.3, -0.25) is 0 Å². The minimum atomic E-state index is 1.02. The van der Waals surface area contributed by atoms with Gasteiger partial charge in [0.25, 0.3) is 0 Å². The van der Waals surface area contributed by atoms with Crippen molar-refractivity contribution in [2.24, 2.45) is 0 Å². The Morgan fingerprint density at radius 1 is 1.50 bits per heavy atom. The molecule has 0 amide bonds. The highest BCUT2D eigenvalue weighted by Crippen LogP contribution is 2.17. The lowest BCUT2D eigenvalue weighted by molar-refractivity contribution is 0.953. The molecule has 0 aromatic carbocycles.